The van der Waals surface area contributed by atoms with Crippen LogP contribution in [0.5, 0.6) is 5.75 Å². The van der Waals surface area contributed by atoms with Crippen LogP contribution >= 0.6 is 0 Å². The number of nitrogens with zero attached hydrogens (tertiary/aromatic N) is 2. The summed E-state index contributed by atoms with van der Waals surface area (Å²) >= 11 is 0. The maximum Gasteiger partial charge on any atom is 0.254 e. The van der Waals surface area contributed by atoms with Crippen LogP contribution in [-0.2, 0) is 6.42 Å². The number of rotatable bonds is 4. The minimum atomic E-state index is 0.0383. The summed E-state index contributed by atoms with van der Waals surface area (Å²) in [6.45, 7) is 5.28. The molecule has 3 aromatic rings. The van der Waals surface area contributed by atoms with Gasteiger partial charge in [0.15, 0.2) is 0 Å². The fourth-order valence-corrected chi connectivity index (χ4v) is 3.16. The van der Waals surface area contributed by atoms with E-state index >= 15 is 0 Å². The minimum Gasteiger partial charge on any atom is -0.487 e. The van der Waals surface area contributed by atoms with Crippen molar-refractivity contribution < 1.29 is 9.53 Å². The van der Waals surface area contributed by atoms with Gasteiger partial charge in [0, 0.05) is 5.56 Å². The summed E-state index contributed by atoms with van der Waals surface area (Å²) in [6.07, 6.45) is 1.05. The smallest absolute Gasteiger partial charge is 0.254 e. The molecule has 128 valence electrons. The summed E-state index contributed by atoms with van der Waals surface area (Å²) < 4.78 is 5.97. The fourth-order valence-electron chi connectivity index (χ4n) is 3.16. The normalized spacial score (nSPS) is 14.6. The molecule has 1 fully saturated rings. The molecule has 0 unspecified atom stereocenters. The van der Waals surface area contributed by atoms with Crippen LogP contribution in [0.2, 0.25) is 0 Å². The molecule has 0 aliphatic carbocycles. The maximum absolute atomic E-state index is 12.6. The summed E-state index contributed by atoms with van der Waals surface area (Å²) in [5, 5.41) is 0. The van der Waals surface area contributed by atoms with Gasteiger partial charge in [0.05, 0.1) is 24.1 Å². The molecular weight excluding hydrogens is 314 g/mol. The first-order valence-electron chi connectivity index (χ1n) is 8.63. The number of aryl methyl sites for hydroxylation is 2. The van der Waals surface area contributed by atoms with E-state index in [1.54, 1.807) is 0 Å². The number of imidazole rings is 1. The Hall–Kier alpha value is -2.82. The average Bonchev–Trinajstić information content (AvgIpc) is 2.96. The van der Waals surface area contributed by atoms with Crippen molar-refractivity contribution in [3.63, 3.8) is 0 Å². The van der Waals surface area contributed by atoms with Crippen LogP contribution in [0.1, 0.15) is 28.7 Å². The van der Waals surface area contributed by atoms with Crippen LogP contribution in [-0.4, -0.2) is 40.0 Å². The van der Waals surface area contributed by atoms with E-state index in [0.717, 1.165) is 29.0 Å². The van der Waals surface area contributed by atoms with E-state index in [1.165, 1.54) is 5.56 Å². The molecule has 1 amide bonds. The van der Waals surface area contributed by atoms with Gasteiger partial charge in [-0.1, -0.05) is 19.1 Å². The van der Waals surface area contributed by atoms with E-state index in [1.807, 2.05) is 42.2 Å². The van der Waals surface area contributed by atoms with Gasteiger partial charge in [-0.3, -0.25) is 4.79 Å². The zero-order valence-electron chi connectivity index (χ0n) is 14.5. The number of carbonyl (C=O) groups is 1. The van der Waals surface area contributed by atoms with Gasteiger partial charge in [0.2, 0.25) is 0 Å². The molecule has 0 atom stereocenters. The van der Waals surface area contributed by atoms with E-state index in [4.69, 9.17) is 4.74 Å². The quantitative estimate of drug-likeness (QED) is 0.795. The molecule has 1 aliphatic heterocycles. The van der Waals surface area contributed by atoms with Crippen molar-refractivity contribution in [3.8, 4) is 5.75 Å². The van der Waals surface area contributed by atoms with E-state index in [-0.39, 0.29) is 12.0 Å². The number of benzene rings is 2. The Kier molecular flexibility index (Phi) is 3.92. The van der Waals surface area contributed by atoms with Gasteiger partial charge in [-0.05, 0) is 49.2 Å². The van der Waals surface area contributed by atoms with Crippen LogP contribution < -0.4 is 4.74 Å². The number of hydrogen-bond donors (Lipinski definition) is 1. The highest BCUT2D eigenvalue weighted by Gasteiger charge is 2.33. The van der Waals surface area contributed by atoms with Gasteiger partial charge in [0.1, 0.15) is 17.7 Å². The molecule has 2 heterocycles. The predicted molar refractivity (Wildman–Crippen MR) is 97.0 cm³/mol. The molecule has 5 heteroatoms. The number of carbonyl (C=O) groups excluding carboxylic acids is 1. The second kappa shape index (κ2) is 6.24. The summed E-state index contributed by atoms with van der Waals surface area (Å²) in [4.78, 5) is 22.0. The predicted octanol–water partition coefficient (Wildman–Crippen LogP) is 3.34. The second-order valence-electron chi connectivity index (χ2n) is 6.51. The number of ether oxygens (including phenoxy) is 1. The summed E-state index contributed by atoms with van der Waals surface area (Å²) in [5.41, 5.74) is 3.72. The van der Waals surface area contributed by atoms with Crippen molar-refractivity contribution in [1.82, 2.24) is 14.9 Å². The lowest BCUT2D eigenvalue weighted by molar-refractivity contribution is 0.0178. The van der Waals surface area contributed by atoms with Crippen LogP contribution in [0.3, 0.4) is 0 Å². The molecule has 1 aromatic heterocycles. The van der Waals surface area contributed by atoms with Crippen molar-refractivity contribution in [2.75, 3.05) is 13.1 Å². The average molecular weight is 335 g/mol. The summed E-state index contributed by atoms with van der Waals surface area (Å²) in [6, 6.07) is 13.7. The molecule has 1 N–H and O–H groups in total. The van der Waals surface area contributed by atoms with Crippen LogP contribution in [0.25, 0.3) is 11.0 Å². The van der Waals surface area contributed by atoms with Gasteiger partial charge in [-0.2, -0.15) is 0 Å². The minimum absolute atomic E-state index is 0.0383. The number of aromatic amines is 1. The SMILES string of the molecule is CCc1cccc(OC2CN(C(=O)c3ccc4nc(C)[nH]c4c3)C2)c1. The largest absolute Gasteiger partial charge is 0.487 e. The van der Waals surface area contributed by atoms with Crippen LogP contribution in [0.4, 0.5) is 0 Å². The zero-order valence-corrected chi connectivity index (χ0v) is 14.5. The number of aromatic nitrogens is 2. The van der Waals surface area contributed by atoms with Crippen molar-refractivity contribution in [1.29, 1.82) is 0 Å². The van der Waals surface area contributed by atoms with Gasteiger partial charge < -0.3 is 14.6 Å². The number of likely N-dealkylation sites (tertiary alicyclic amines) is 1. The van der Waals surface area contributed by atoms with Gasteiger partial charge in [-0.25, -0.2) is 4.98 Å². The molecule has 1 aliphatic rings. The number of hydrogen-bond acceptors (Lipinski definition) is 3. The molecule has 25 heavy (non-hydrogen) atoms. The first kappa shape index (κ1) is 15.7. The molecular formula is C20H21N3O2. The summed E-state index contributed by atoms with van der Waals surface area (Å²) in [5.74, 6) is 1.77. The number of nitrogens with one attached hydrogen (secondary N) is 1. The Labute approximate surface area is 146 Å². The van der Waals surface area contributed by atoms with E-state index in [9.17, 15) is 4.79 Å². The Balaban J connectivity index is 1.39. The first-order valence-corrected chi connectivity index (χ1v) is 8.63. The van der Waals surface area contributed by atoms with Gasteiger partial charge in [0.25, 0.3) is 5.91 Å². The molecule has 5 nitrogen and oxygen atoms in total. The van der Waals surface area contributed by atoms with Gasteiger partial charge >= 0.3 is 0 Å². The molecule has 0 saturated carbocycles. The summed E-state index contributed by atoms with van der Waals surface area (Å²) in [7, 11) is 0. The van der Waals surface area contributed by atoms with Crippen molar-refractivity contribution in [3.05, 3.63) is 59.4 Å². The first-order chi connectivity index (χ1) is 12.1. The third-order valence-corrected chi connectivity index (χ3v) is 4.59. The molecule has 0 bridgehead atoms. The zero-order chi connectivity index (χ0) is 17.4. The highest BCUT2D eigenvalue weighted by Crippen LogP contribution is 2.22. The Morgan fingerprint density at radius 1 is 1.28 bits per heavy atom. The molecule has 4 rings (SSSR count). The van der Waals surface area contributed by atoms with E-state index in [2.05, 4.69) is 29.0 Å². The highest BCUT2D eigenvalue weighted by molar-refractivity contribution is 5.97. The lowest BCUT2D eigenvalue weighted by Gasteiger charge is -2.39. The standard InChI is InChI=1S/C20H21N3O2/c1-3-14-5-4-6-16(9-14)25-17-11-23(12-17)20(24)15-7-8-18-19(10-15)22-13(2)21-18/h4-10,17H,3,11-12H2,1-2H3,(H,21,22). The monoisotopic (exact) mass is 335 g/mol. The maximum atomic E-state index is 12.6. The van der Waals surface area contributed by atoms with E-state index in [0.29, 0.717) is 18.7 Å². The number of H-pyrrole nitrogens is 1. The molecule has 2 aromatic carbocycles. The third-order valence-electron chi connectivity index (χ3n) is 4.59. The molecule has 0 spiro atoms. The fraction of sp³-hybridized carbons (Fsp3) is 0.300. The third kappa shape index (κ3) is 3.09. The van der Waals surface area contributed by atoms with E-state index < -0.39 is 0 Å². The topological polar surface area (TPSA) is 58.2 Å². The highest BCUT2D eigenvalue weighted by atomic mass is 16.5. The van der Waals surface area contributed by atoms with Gasteiger partial charge in [-0.15, -0.1) is 0 Å². The van der Waals surface area contributed by atoms with Crippen molar-refractivity contribution >= 4 is 16.9 Å². The van der Waals surface area contributed by atoms with Crippen molar-refractivity contribution in [2.24, 2.45) is 0 Å². The van der Waals surface area contributed by atoms with Crippen molar-refractivity contribution in [2.45, 2.75) is 26.4 Å². The lowest BCUT2D eigenvalue weighted by Crippen LogP contribution is -2.56. The second-order valence-corrected chi connectivity index (χ2v) is 6.51. The number of amides is 1. The molecule has 0 radical (unpaired) electrons. The Morgan fingerprint density at radius 3 is 2.92 bits per heavy atom. The number of fused-ring (bicyclic) bond motifs is 1. The molecule has 1 saturated heterocycles. The van der Waals surface area contributed by atoms with Crippen LogP contribution in [0.15, 0.2) is 42.5 Å². The Bertz CT molecular complexity index is 926. The Morgan fingerprint density at radius 2 is 2.12 bits per heavy atom. The lowest BCUT2D eigenvalue weighted by atomic mass is 10.1. The van der Waals surface area contributed by atoms with Crippen LogP contribution in [0, 0.1) is 6.92 Å².